The summed E-state index contributed by atoms with van der Waals surface area (Å²) in [5, 5.41) is 20.4. The van der Waals surface area contributed by atoms with Gasteiger partial charge in [-0.2, -0.15) is 0 Å². The van der Waals surface area contributed by atoms with Gasteiger partial charge in [0.05, 0.1) is 12.7 Å². The molecule has 22 heavy (non-hydrogen) atoms. The van der Waals surface area contributed by atoms with Crippen LogP contribution in [0.3, 0.4) is 0 Å². The molecule has 124 valence electrons. The van der Waals surface area contributed by atoms with Crippen molar-refractivity contribution in [3.8, 4) is 0 Å². The number of hydrogen-bond acceptors (Lipinski definition) is 3. The van der Waals surface area contributed by atoms with E-state index in [1.165, 1.54) is 5.57 Å². The molecule has 2 rings (SSSR count). The summed E-state index contributed by atoms with van der Waals surface area (Å²) in [7, 11) is 0. The second-order valence-electron chi connectivity index (χ2n) is 7.78. The molecule has 0 amide bonds. The maximum absolute atomic E-state index is 11.1. The zero-order valence-electron chi connectivity index (χ0n) is 14.1. The van der Waals surface area contributed by atoms with Gasteiger partial charge in [0.25, 0.3) is 0 Å². The molecule has 2 aliphatic rings. The molecular formula is C19H30O3. The highest BCUT2D eigenvalue weighted by Crippen LogP contribution is 2.61. The van der Waals surface area contributed by atoms with Gasteiger partial charge in [-0.1, -0.05) is 32.1 Å². The second-order valence-corrected chi connectivity index (χ2v) is 7.78. The van der Waals surface area contributed by atoms with Gasteiger partial charge in [-0.05, 0) is 62.4 Å². The Morgan fingerprint density at radius 2 is 2.09 bits per heavy atom. The molecule has 0 aromatic rings. The van der Waals surface area contributed by atoms with E-state index in [4.69, 9.17) is 0 Å². The van der Waals surface area contributed by atoms with Gasteiger partial charge < -0.3 is 10.2 Å². The maximum atomic E-state index is 11.1. The van der Waals surface area contributed by atoms with Crippen molar-refractivity contribution in [3.63, 3.8) is 0 Å². The van der Waals surface area contributed by atoms with E-state index in [0.717, 1.165) is 32.1 Å². The van der Waals surface area contributed by atoms with E-state index in [-0.39, 0.29) is 23.7 Å². The van der Waals surface area contributed by atoms with Crippen LogP contribution in [0.25, 0.3) is 0 Å². The number of hydrogen-bond donors (Lipinski definition) is 2. The highest BCUT2D eigenvalue weighted by atomic mass is 16.3. The van der Waals surface area contributed by atoms with Crippen LogP contribution >= 0.6 is 0 Å². The monoisotopic (exact) mass is 306 g/mol. The summed E-state index contributed by atoms with van der Waals surface area (Å²) in [4.78, 5) is 11.1. The third kappa shape index (κ3) is 2.81. The number of rotatable bonds is 4. The van der Waals surface area contributed by atoms with Crippen molar-refractivity contribution in [3.05, 3.63) is 24.3 Å². The lowest BCUT2D eigenvalue weighted by atomic mass is 9.46. The van der Waals surface area contributed by atoms with Crippen molar-refractivity contribution >= 4 is 5.78 Å². The molecule has 0 heterocycles. The first-order chi connectivity index (χ1) is 10.3. The smallest absolute Gasteiger partial charge is 0.152 e. The number of carbonyl (C=O) groups excluding carboxylic acids is 1. The summed E-state index contributed by atoms with van der Waals surface area (Å²) >= 11 is 0. The maximum Gasteiger partial charge on any atom is 0.152 e. The normalized spacial score (nSPS) is 42.4. The van der Waals surface area contributed by atoms with Crippen molar-refractivity contribution in [1.82, 2.24) is 0 Å². The fourth-order valence-corrected chi connectivity index (χ4v) is 5.01. The molecule has 2 aliphatic carbocycles. The Labute approximate surface area is 134 Å². The van der Waals surface area contributed by atoms with E-state index in [1.54, 1.807) is 13.0 Å². The summed E-state index contributed by atoms with van der Waals surface area (Å²) in [6.45, 7) is 10.2. The predicted octanol–water partition coefficient (Wildman–Crippen LogP) is 3.26. The molecule has 0 saturated heterocycles. The SMILES string of the molecule is C=C1CC[C@@H]2[C@](C)(CO)[C@H](O)CC[C@@]2(C)[C@@H]1C/C=C/C(C)=O. The van der Waals surface area contributed by atoms with Gasteiger partial charge >= 0.3 is 0 Å². The Kier molecular flexibility index (Phi) is 4.98. The average molecular weight is 306 g/mol. The first-order valence-electron chi connectivity index (χ1n) is 8.39. The molecule has 0 unspecified atom stereocenters. The summed E-state index contributed by atoms with van der Waals surface area (Å²) in [6.07, 6.45) is 7.60. The van der Waals surface area contributed by atoms with Crippen LogP contribution in [-0.4, -0.2) is 28.7 Å². The third-order valence-corrected chi connectivity index (χ3v) is 6.42. The highest BCUT2D eigenvalue weighted by Gasteiger charge is 2.57. The summed E-state index contributed by atoms with van der Waals surface area (Å²) < 4.78 is 0. The van der Waals surface area contributed by atoms with Gasteiger partial charge in [0.2, 0.25) is 0 Å². The van der Waals surface area contributed by atoms with E-state index >= 15 is 0 Å². The van der Waals surface area contributed by atoms with Gasteiger partial charge in [-0.15, -0.1) is 0 Å². The van der Waals surface area contributed by atoms with Gasteiger partial charge in [0, 0.05) is 5.41 Å². The van der Waals surface area contributed by atoms with Crippen molar-refractivity contribution in [2.75, 3.05) is 6.61 Å². The fraction of sp³-hybridized carbons (Fsp3) is 0.737. The molecule has 0 aromatic heterocycles. The van der Waals surface area contributed by atoms with Crippen LogP contribution in [0.5, 0.6) is 0 Å². The predicted molar refractivity (Wildman–Crippen MR) is 88.3 cm³/mol. The first kappa shape index (κ1) is 17.4. The van der Waals surface area contributed by atoms with Crippen LogP contribution in [0.4, 0.5) is 0 Å². The molecule has 0 aliphatic heterocycles. The summed E-state index contributed by atoms with van der Waals surface area (Å²) in [6, 6.07) is 0. The average Bonchev–Trinajstić information content (AvgIpc) is 2.46. The molecule has 3 heteroatoms. The molecule has 5 atom stereocenters. The molecule has 0 bridgehead atoms. The number of fused-ring (bicyclic) bond motifs is 1. The van der Waals surface area contributed by atoms with Crippen LogP contribution in [0.15, 0.2) is 24.3 Å². The van der Waals surface area contributed by atoms with Crippen LogP contribution in [-0.2, 0) is 4.79 Å². The molecular weight excluding hydrogens is 276 g/mol. The van der Waals surface area contributed by atoms with Gasteiger partial charge in [0.15, 0.2) is 5.78 Å². The van der Waals surface area contributed by atoms with Crippen molar-refractivity contribution < 1.29 is 15.0 Å². The largest absolute Gasteiger partial charge is 0.396 e. The number of carbonyl (C=O) groups is 1. The molecule has 2 N–H and O–H groups in total. The summed E-state index contributed by atoms with van der Waals surface area (Å²) in [5.41, 5.74) is 0.854. The Morgan fingerprint density at radius 3 is 2.68 bits per heavy atom. The van der Waals surface area contributed by atoms with Crippen molar-refractivity contribution in [1.29, 1.82) is 0 Å². The van der Waals surface area contributed by atoms with Crippen LogP contribution in [0.1, 0.15) is 52.9 Å². The van der Waals surface area contributed by atoms with E-state index < -0.39 is 11.5 Å². The Morgan fingerprint density at radius 1 is 1.41 bits per heavy atom. The van der Waals surface area contributed by atoms with E-state index in [1.807, 2.05) is 13.0 Å². The number of allylic oxidation sites excluding steroid dienone is 3. The molecule has 0 radical (unpaired) electrons. The lowest BCUT2D eigenvalue weighted by Crippen LogP contribution is -2.57. The van der Waals surface area contributed by atoms with Gasteiger partial charge in [-0.3, -0.25) is 4.79 Å². The number of ketones is 1. The third-order valence-electron chi connectivity index (χ3n) is 6.42. The van der Waals surface area contributed by atoms with Gasteiger partial charge in [0.1, 0.15) is 0 Å². The quantitative estimate of drug-likeness (QED) is 0.619. The topological polar surface area (TPSA) is 57.5 Å². The number of aliphatic hydroxyl groups excluding tert-OH is 2. The Balaban J connectivity index is 2.31. The molecule has 0 spiro atoms. The summed E-state index contributed by atoms with van der Waals surface area (Å²) in [5.74, 6) is 0.678. The van der Waals surface area contributed by atoms with Crippen LogP contribution < -0.4 is 0 Å². The van der Waals surface area contributed by atoms with Crippen molar-refractivity contribution in [2.24, 2.45) is 22.7 Å². The highest BCUT2D eigenvalue weighted by molar-refractivity contribution is 5.87. The van der Waals surface area contributed by atoms with Crippen LogP contribution in [0.2, 0.25) is 0 Å². The fourth-order valence-electron chi connectivity index (χ4n) is 5.01. The minimum Gasteiger partial charge on any atom is -0.396 e. The molecule has 2 fully saturated rings. The van der Waals surface area contributed by atoms with E-state index in [9.17, 15) is 15.0 Å². The molecule has 3 nitrogen and oxygen atoms in total. The van der Waals surface area contributed by atoms with E-state index in [2.05, 4.69) is 13.5 Å². The lowest BCUT2D eigenvalue weighted by Gasteiger charge is -2.59. The molecule has 2 saturated carbocycles. The lowest BCUT2D eigenvalue weighted by molar-refractivity contribution is -0.151. The first-order valence-corrected chi connectivity index (χ1v) is 8.39. The van der Waals surface area contributed by atoms with Crippen LogP contribution in [0, 0.1) is 22.7 Å². The minimum atomic E-state index is -0.435. The zero-order valence-corrected chi connectivity index (χ0v) is 14.1. The Bertz CT molecular complexity index is 481. The van der Waals surface area contributed by atoms with Crippen molar-refractivity contribution in [2.45, 2.75) is 59.0 Å². The second kappa shape index (κ2) is 6.29. The number of aliphatic hydroxyl groups is 2. The Hall–Kier alpha value is -0.930. The van der Waals surface area contributed by atoms with E-state index in [0.29, 0.717) is 5.92 Å². The zero-order chi connectivity index (χ0) is 16.5. The standard InChI is InChI=1S/C19H30O3/c1-13-8-9-16-18(3,15(13)7-5-6-14(2)21)11-10-17(22)19(16,4)12-20/h5-6,15-17,20,22H,1,7-12H2,2-4H3/b6-5+/t15-,16+,17-,18+,19+/m1/s1. The molecule has 0 aromatic carbocycles. The minimum absolute atomic E-state index is 0.0247. The van der Waals surface area contributed by atoms with Gasteiger partial charge in [-0.25, -0.2) is 0 Å².